The van der Waals surface area contributed by atoms with Gasteiger partial charge in [0.2, 0.25) is 5.91 Å². The van der Waals surface area contributed by atoms with E-state index in [-0.39, 0.29) is 36.3 Å². The molecule has 124 valence electrons. The monoisotopic (exact) mass is 319 g/mol. The van der Waals surface area contributed by atoms with Crippen LogP contribution in [0, 0.1) is 5.82 Å². The topological polar surface area (TPSA) is 52.7 Å². The van der Waals surface area contributed by atoms with E-state index < -0.39 is 0 Å². The predicted octanol–water partition coefficient (Wildman–Crippen LogP) is 2.32. The van der Waals surface area contributed by atoms with Crippen LogP contribution in [0.1, 0.15) is 24.9 Å². The highest BCUT2D eigenvalue weighted by atomic mass is 19.1. The van der Waals surface area contributed by atoms with Crippen molar-refractivity contribution in [2.45, 2.75) is 25.4 Å². The molecular weight excluding hydrogens is 297 g/mol. The average Bonchev–Trinajstić information content (AvgIpc) is 2.74. The minimum Gasteiger partial charge on any atom is -0.337 e. The second-order valence-corrected chi connectivity index (χ2v) is 6.07. The van der Waals surface area contributed by atoms with Crippen molar-refractivity contribution in [3.63, 3.8) is 0 Å². The molecule has 0 bridgehead atoms. The molecule has 0 unspecified atom stereocenters. The third-order valence-electron chi connectivity index (χ3n) is 3.96. The van der Waals surface area contributed by atoms with E-state index in [1.807, 2.05) is 6.92 Å². The number of urea groups is 1. The Morgan fingerprint density at radius 1 is 1.43 bits per heavy atom. The van der Waals surface area contributed by atoms with Crippen LogP contribution >= 0.6 is 0 Å². The number of likely N-dealkylation sites (tertiary alicyclic amines) is 1. The first kappa shape index (κ1) is 17.0. The van der Waals surface area contributed by atoms with Gasteiger partial charge in [0.25, 0.3) is 0 Å². The third kappa shape index (κ3) is 3.88. The number of halogens is 1. The van der Waals surface area contributed by atoms with Crippen molar-refractivity contribution < 1.29 is 14.0 Å². The van der Waals surface area contributed by atoms with E-state index in [1.54, 1.807) is 31.1 Å². The zero-order valence-electron chi connectivity index (χ0n) is 13.7. The number of likely N-dealkylation sites (N-methyl/N-ethyl adjacent to an activating group) is 2. The molecule has 0 radical (unpaired) electrons. The predicted molar refractivity (Wildman–Crippen MR) is 86.3 cm³/mol. The van der Waals surface area contributed by atoms with Crippen LogP contribution in [-0.2, 0) is 4.79 Å². The first-order chi connectivity index (χ1) is 10.8. The van der Waals surface area contributed by atoms with Crippen LogP contribution in [0.2, 0.25) is 0 Å². The van der Waals surface area contributed by atoms with Crippen LogP contribution < -0.4 is 5.32 Å². The molecule has 1 aromatic carbocycles. The van der Waals surface area contributed by atoms with Crippen molar-refractivity contribution in [1.29, 1.82) is 0 Å². The summed E-state index contributed by atoms with van der Waals surface area (Å²) < 4.78 is 13.1. The van der Waals surface area contributed by atoms with Gasteiger partial charge in [0, 0.05) is 27.1 Å². The Morgan fingerprint density at radius 3 is 2.61 bits per heavy atom. The zero-order valence-corrected chi connectivity index (χ0v) is 13.7. The molecule has 1 heterocycles. The Morgan fingerprint density at radius 2 is 2.04 bits per heavy atom. The number of nitrogens with one attached hydrogen (secondary N) is 1. The molecule has 0 aliphatic carbocycles. The SMILES string of the molecule is C=C(C)CN(C)C(=O)N[C@H]1CC(=O)N(C)[C@H]1c1ccc(F)cc1. The van der Waals surface area contributed by atoms with Gasteiger partial charge in [-0.25, -0.2) is 9.18 Å². The van der Waals surface area contributed by atoms with Gasteiger partial charge in [-0.15, -0.1) is 0 Å². The number of carbonyl (C=O) groups excluding carboxylic acids is 2. The van der Waals surface area contributed by atoms with Crippen molar-refractivity contribution >= 4 is 11.9 Å². The zero-order chi connectivity index (χ0) is 17.1. The normalized spacial score (nSPS) is 20.5. The summed E-state index contributed by atoms with van der Waals surface area (Å²) in [5.41, 5.74) is 1.67. The summed E-state index contributed by atoms with van der Waals surface area (Å²) in [5.74, 6) is -0.380. The lowest BCUT2D eigenvalue weighted by molar-refractivity contribution is -0.127. The van der Waals surface area contributed by atoms with Crippen molar-refractivity contribution in [1.82, 2.24) is 15.1 Å². The van der Waals surface area contributed by atoms with Gasteiger partial charge in [0.1, 0.15) is 5.82 Å². The Hall–Kier alpha value is -2.37. The largest absolute Gasteiger partial charge is 0.337 e. The summed E-state index contributed by atoms with van der Waals surface area (Å²) in [6, 6.07) is 5.10. The van der Waals surface area contributed by atoms with E-state index in [2.05, 4.69) is 11.9 Å². The van der Waals surface area contributed by atoms with Gasteiger partial charge < -0.3 is 15.1 Å². The third-order valence-corrected chi connectivity index (χ3v) is 3.96. The van der Waals surface area contributed by atoms with Crippen LogP contribution in [-0.4, -0.2) is 48.4 Å². The molecule has 1 N–H and O–H groups in total. The summed E-state index contributed by atoms with van der Waals surface area (Å²) >= 11 is 0. The number of amides is 3. The number of hydrogen-bond donors (Lipinski definition) is 1. The molecule has 2 rings (SSSR count). The Bertz CT molecular complexity index is 615. The molecule has 1 aliphatic heterocycles. The molecule has 3 amide bonds. The number of carbonyl (C=O) groups is 2. The minimum absolute atomic E-state index is 0.0489. The molecule has 0 spiro atoms. The van der Waals surface area contributed by atoms with Crippen LogP contribution in [0.4, 0.5) is 9.18 Å². The molecule has 23 heavy (non-hydrogen) atoms. The molecule has 6 heteroatoms. The summed E-state index contributed by atoms with van der Waals surface area (Å²) in [7, 11) is 3.37. The summed E-state index contributed by atoms with van der Waals surface area (Å²) in [6.07, 6.45) is 0.227. The van der Waals surface area contributed by atoms with Crippen molar-refractivity contribution in [2.24, 2.45) is 0 Å². The quantitative estimate of drug-likeness (QED) is 0.866. The van der Waals surface area contributed by atoms with Gasteiger partial charge in [-0.2, -0.15) is 0 Å². The van der Waals surface area contributed by atoms with Crippen molar-refractivity contribution in [2.75, 3.05) is 20.6 Å². The lowest BCUT2D eigenvalue weighted by Gasteiger charge is -2.28. The first-order valence-electron chi connectivity index (χ1n) is 7.46. The van der Waals surface area contributed by atoms with Gasteiger partial charge in [0.05, 0.1) is 12.1 Å². The lowest BCUT2D eigenvalue weighted by atomic mass is 10.0. The van der Waals surface area contributed by atoms with E-state index in [4.69, 9.17) is 0 Å². The molecule has 0 saturated carbocycles. The maximum absolute atomic E-state index is 13.1. The lowest BCUT2D eigenvalue weighted by Crippen LogP contribution is -2.45. The van der Waals surface area contributed by atoms with Gasteiger partial charge >= 0.3 is 6.03 Å². The fourth-order valence-corrected chi connectivity index (χ4v) is 2.86. The molecule has 1 saturated heterocycles. The van der Waals surface area contributed by atoms with Crippen LogP contribution in [0.3, 0.4) is 0 Å². The highest BCUT2D eigenvalue weighted by Gasteiger charge is 2.39. The van der Waals surface area contributed by atoms with Gasteiger partial charge in [-0.05, 0) is 24.6 Å². The van der Waals surface area contributed by atoms with Gasteiger partial charge in [0.15, 0.2) is 0 Å². The number of benzene rings is 1. The molecule has 1 fully saturated rings. The second kappa shape index (κ2) is 6.81. The van der Waals surface area contributed by atoms with E-state index >= 15 is 0 Å². The summed E-state index contributed by atoms with van der Waals surface area (Å²) in [6.45, 7) is 6.08. The van der Waals surface area contributed by atoms with Crippen molar-refractivity contribution in [3.8, 4) is 0 Å². The maximum Gasteiger partial charge on any atom is 0.317 e. The maximum atomic E-state index is 13.1. The van der Waals surface area contributed by atoms with Crippen LogP contribution in [0.5, 0.6) is 0 Å². The highest BCUT2D eigenvalue weighted by Crippen LogP contribution is 2.32. The molecule has 1 aliphatic rings. The Kier molecular flexibility index (Phi) is 5.03. The van der Waals surface area contributed by atoms with Crippen molar-refractivity contribution in [3.05, 3.63) is 47.8 Å². The average molecular weight is 319 g/mol. The summed E-state index contributed by atoms with van der Waals surface area (Å²) in [5, 5.41) is 2.90. The Balaban J connectivity index is 2.15. The number of hydrogen-bond acceptors (Lipinski definition) is 2. The van der Waals surface area contributed by atoms with E-state index in [0.717, 1.165) is 11.1 Å². The first-order valence-corrected chi connectivity index (χ1v) is 7.46. The van der Waals surface area contributed by atoms with E-state index in [0.29, 0.717) is 6.54 Å². The van der Waals surface area contributed by atoms with Crippen LogP contribution in [0.25, 0.3) is 0 Å². The fraction of sp³-hybridized carbons (Fsp3) is 0.412. The van der Waals surface area contributed by atoms with Gasteiger partial charge in [-0.1, -0.05) is 24.3 Å². The van der Waals surface area contributed by atoms with Gasteiger partial charge in [-0.3, -0.25) is 4.79 Å². The van der Waals surface area contributed by atoms with E-state index in [9.17, 15) is 14.0 Å². The summed E-state index contributed by atoms with van der Waals surface area (Å²) in [4.78, 5) is 27.4. The second-order valence-electron chi connectivity index (χ2n) is 6.07. The number of nitrogens with zero attached hydrogens (tertiary/aromatic N) is 2. The molecule has 0 aromatic heterocycles. The highest BCUT2D eigenvalue weighted by molar-refractivity contribution is 5.82. The Labute approximate surface area is 135 Å². The standard InChI is InChI=1S/C17H22FN3O2/c1-11(2)10-20(3)17(23)19-14-9-15(22)21(4)16(14)12-5-7-13(18)8-6-12/h5-8,14,16H,1,9-10H2,2-4H3,(H,19,23)/t14-,16-/m0/s1. The fourth-order valence-electron chi connectivity index (χ4n) is 2.86. The molecular formula is C17H22FN3O2. The smallest absolute Gasteiger partial charge is 0.317 e. The minimum atomic E-state index is -0.349. The van der Waals surface area contributed by atoms with Crippen LogP contribution in [0.15, 0.2) is 36.4 Å². The molecule has 5 nitrogen and oxygen atoms in total. The van der Waals surface area contributed by atoms with E-state index in [1.165, 1.54) is 17.0 Å². The number of rotatable bonds is 4. The molecule has 1 aromatic rings. The molecule has 2 atom stereocenters.